The fourth-order valence-electron chi connectivity index (χ4n) is 2.41. The van der Waals surface area contributed by atoms with Crippen LogP contribution in [0.1, 0.15) is 11.1 Å². The number of hydrogen-bond acceptors (Lipinski definition) is 4. The van der Waals surface area contributed by atoms with Crippen LogP contribution in [0.4, 0.5) is 0 Å². The lowest BCUT2D eigenvalue weighted by Crippen LogP contribution is -2.08. The number of carbonyl (C=O) groups excluding carboxylic acids is 1. The number of rotatable bonds is 5. The predicted octanol–water partition coefficient (Wildman–Crippen LogP) is 3.71. The van der Waals surface area contributed by atoms with Crippen molar-refractivity contribution in [2.24, 2.45) is 4.99 Å². The summed E-state index contributed by atoms with van der Waals surface area (Å²) < 4.78 is 5.17. The summed E-state index contributed by atoms with van der Waals surface area (Å²) in [6, 6.07) is 20.6. The standard InChI is InChI=1S/C20H17NO3/c22-19-11-10-16-8-4-5-9-17(16)18(19)12-21-13-20(23)24-14-15-6-2-1-3-7-15/h1-12,22H,13-14H2. The molecular weight excluding hydrogens is 302 g/mol. The quantitative estimate of drug-likeness (QED) is 0.576. The molecule has 0 radical (unpaired) electrons. The van der Waals surface area contributed by atoms with Crippen LogP contribution in [0.2, 0.25) is 0 Å². The van der Waals surface area contributed by atoms with Gasteiger partial charge in [0.05, 0.1) is 0 Å². The Morgan fingerprint density at radius 2 is 1.75 bits per heavy atom. The zero-order chi connectivity index (χ0) is 16.8. The molecule has 0 atom stereocenters. The summed E-state index contributed by atoms with van der Waals surface area (Å²) in [5.41, 5.74) is 1.53. The molecule has 0 spiro atoms. The first-order valence-corrected chi connectivity index (χ1v) is 7.64. The molecule has 0 bridgehead atoms. The number of nitrogens with zero attached hydrogens (tertiary/aromatic N) is 1. The molecule has 1 N–H and O–H groups in total. The maximum Gasteiger partial charge on any atom is 0.328 e. The molecule has 0 heterocycles. The third-order valence-electron chi connectivity index (χ3n) is 3.63. The summed E-state index contributed by atoms with van der Waals surface area (Å²) >= 11 is 0. The summed E-state index contributed by atoms with van der Waals surface area (Å²) in [7, 11) is 0. The fraction of sp³-hybridized carbons (Fsp3) is 0.100. The first-order valence-electron chi connectivity index (χ1n) is 7.64. The van der Waals surface area contributed by atoms with Crippen molar-refractivity contribution in [3.05, 3.63) is 77.9 Å². The molecule has 0 aliphatic carbocycles. The average Bonchev–Trinajstić information content (AvgIpc) is 2.63. The summed E-state index contributed by atoms with van der Waals surface area (Å²) in [6.45, 7) is 0.143. The van der Waals surface area contributed by atoms with E-state index in [4.69, 9.17) is 4.74 Å². The van der Waals surface area contributed by atoms with Gasteiger partial charge in [0.1, 0.15) is 18.9 Å². The topological polar surface area (TPSA) is 58.9 Å². The third-order valence-corrected chi connectivity index (χ3v) is 3.63. The number of esters is 1. The number of phenolic OH excluding ortho intramolecular Hbond substituents is 1. The second-order valence-corrected chi connectivity index (χ2v) is 5.34. The lowest BCUT2D eigenvalue weighted by molar-refractivity contribution is -0.143. The number of phenols is 1. The molecule has 4 heteroatoms. The molecule has 3 aromatic rings. The van der Waals surface area contributed by atoms with Crippen LogP contribution in [0.3, 0.4) is 0 Å². The first-order chi connectivity index (χ1) is 11.7. The van der Waals surface area contributed by atoms with Crippen molar-refractivity contribution in [1.29, 1.82) is 0 Å². The van der Waals surface area contributed by atoms with Gasteiger partial charge in [0.25, 0.3) is 0 Å². The molecule has 3 aromatic carbocycles. The highest BCUT2D eigenvalue weighted by Gasteiger charge is 2.05. The van der Waals surface area contributed by atoms with Crippen LogP contribution in [0, 0.1) is 0 Å². The van der Waals surface area contributed by atoms with Crippen molar-refractivity contribution in [3.63, 3.8) is 0 Å². The van der Waals surface area contributed by atoms with E-state index in [1.165, 1.54) is 6.21 Å². The lowest BCUT2D eigenvalue weighted by atomic mass is 10.0. The van der Waals surface area contributed by atoms with Crippen LogP contribution < -0.4 is 0 Å². The summed E-state index contributed by atoms with van der Waals surface area (Å²) in [5, 5.41) is 11.9. The highest BCUT2D eigenvalue weighted by molar-refractivity contribution is 6.02. The van der Waals surface area contributed by atoms with Crippen molar-refractivity contribution in [2.45, 2.75) is 6.61 Å². The molecule has 0 aromatic heterocycles. The van der Waals surface area contributed by atoms with Crippen LogP contribution in [0.5, 0.6) is 5.75 Å². The van der Waals surface area contributed by atoms with Gasteiger partial charge in [-0.25, -0.2) is 0 Å². The smallest absolute Gasteiger partial charge is 0.328 e. The molecular formula is C20H17NO3. The number of benzene rings is 3. The summed E-state index contributed by atoms with van der Waals surface area (Å²) in [6.07, 6.45) is 1.52. The molecule has 0 saturated carbocycles. The van der Waals surface area contributed by atoms with E-state index < -0.39 is 5.97 Å². The predicted molar refractivity (Wildman–Crippen MR) is 94.3 cm³/mol. The van der Waals surface area contributed by atoms with Gasteiger partial charge in [-0.3, -0.25) is 9.79 Å². The minimum atomic E-state index is -0.408. The van der Waals surface area contributed by atoms with E-state index in [0.717, 1.165) is 16.3 Å². The second-order valence-electron chi connectivity index (χ2n) is 5.34. The van der Waals surface area contributed by atoms with Gasteiger partial charge in [-0.05, 0) is 22.4 Å². The van der Waals surface area contributed by atoms with Gasteiger partial charge in [-0.1, -0.05) is 60.7 Å². The number of aliphatic imine (C=N–C) groups is 1. The Kier molecular flexibility index (Phi) is 4.87. The van der Waals surface area contributed by atoms with E-state index in [9.17, 15) is 9.90 Å². The van der Waals surface area contributed by atoms with Crippen LogP contribution >= 0.6 is 0 Å². The van der Waals surface area contributed by atoms with Crippen LogP contribution in [0.15, 0.2) is 71.7 Å². The number of aromatic hydroxyl groups is 1. The molecule has 0 saturated heterocycles. The third kappa shape index (κ3) is 3.79. The summed E-state index contributed by atoms with van der Waals surface area (Å²) in [5.74, 6) is -0.273. The average molecular weight is 319 g/mol. The van der Waals surface area contributed by atoms with Gasteiger partial charge in [0, 0.05) is 11.8 Å². The Morgan fingerprint density at radius 1 is 1.00 bits per heavy atom. The van der Waals surface area contributed by atoms with E-state index in [1.807, 2.05) is 60.7 Å². The fourth-order valence-corrected chi connectivity index (χ4v) is 2.41. The lowest BCUT2D eigenvalue weighted by Gasteiger charge is -2.05. The van der Waals surface area contributed by atoms with Gasteiger partial charge in [0.2, 0.25) is 0 Å². The molecule has 0 amide bonds. The van der Waals surface area contributed by atoms with E-state index in [0.29, 0.717) is 5.56 Å². The van der Waals surface area contributed by atoms with E-state index >= 15 is 0 Å². The molecule has 0 aliphatic rings. The maximum atomic E-state index is 11.8. The Bertz CT molecular complexity index is 872. The molecule has 3 rings (SSSR count). The Balaban J connectivity index is 1.64. The molecule has 0 fully saturated rings. The Hall–Kier alpha value is -3.14. The Labute approximate surface area is 140 Å². The van der Waals surface area contributed by atoms with Crippen molar-refractivity contribution in [1.82, 2.24) is 0 Å². The minimum Gasteiger partial charge on any atom is -0.507 e. The number of carbonyl (C=O) groups is 1. The molecule has 0 aliphatic heterocycles. The van der Waals surface area contributed by atoms with Crippen LogP contribution in [-0.4, -0.2) is 23.8 Å². The van der Waals surface area contributed by atoms with Crippen molar-refractivity contribution >= 4 is 23.0 Å². The molecule has 4 nitrogen and oxygen atoms in total. The summed E-state index contributed by atoms with van der Waals surface area (Å²) in [4.78, 5) is 15.9. The maximum absolute atomic E-state index is 11.8. The van der Waals surface area contributed by atoms with Gasteiger partial charge in [-0.15, -0.1) is 0 Å². The van der Waals surface area contributed by atoms with Gasteiger partial charge < -0.3 is 9.84 Å². The van der Waals surface area contributed by atoms with Crippen LogP contribution in [-0.2, 0) is 16.1 Å². The SMILES string of the molecule is O=C(CN=Cc1c(O)ccc2ccccc12)OCc1ccccc1. The molecule has 120 valence electrons. The molecule has 24 heavy (non-hydrogen) atoms. The zero-order valence-electron chi connectivity index (χ0n) is 13.1. The number of fused-ring (bicyclic) bond motifs is 1. The van der Waals surface area contributed by atoms with Crippen molar-refractivity contribution in [2.75, 3.05) is 6.54 Å². The Morgan fingerprint density at radius 3 is 2.58 bits per heavy atom. The zero-order valence-corrected chi connectivity index (χ0v) is 13.1. The number of hydrogen-bond donors (Lipinski definition) is 1. The highest BCUT2D eigenvalue weighted by Crippen LogP contribution is 2.25. The van der Waals surface area contributed by atoms with Crippen LogP contribution in [0.25, 0.3) is 10.8 Å². The second kappa shape index (κ2) is 7.42. The first kappa shape index (κ1) is 15.7. The van der Waals surface area contributed by atoms with Gasteiger partial charge in [0.15, 0.2) is 0 Å². The van der Waals surface area contributed by atoms with Gasteiger partial charge in [-0.2, -0.15) is 0 Å². The van der Waals surface area contributed by atoms with Crippen molar-refractivity contribution < 1.29 is 14.6 Å². The van der Waals surface area contributed by atoms with Crippen molar-refractivity contribution in [3.8, 4) is 5.75 Å². The molecule has 0 unspecified atom stereocenters. The highest BCUT2D eigenvalue weighted by atomic mass is 16.5. The number of ether oxygens (including phenoxy) is 1. The monoisotopic (exact) mass is 319 g/mol. The van der Waals surface area contributed by atoms with Gasteiger partial charge >= 0.3 is 5.97 Å². The van der Waals surface area contributed by atoms with E-state index in [2.05, 4.69) is 4.99 Å². The minimum absolute atomic E-state index is 0.0878. The normalized spacial score (nSPS) is 11.0. The van der Waals surface area contributed by atoms with E-state index in [1.54, 1.807) is 6.07 Å². The largest absolute Gasteiger partial charge is 0.507 e. The van der Waals surface area contributed by atoms with E-state index in [-0.39, 0.29) is 18.9 Å².